The number of carboxylic acids is 2. The van der Waals surface area contributed by atoms with Crippen LogP contribution in [0, 0.1) is 0 Å². The summed E-state index contributed by atoms with van der Waals surface area (Å²) in [6.07, 6.45) is 11.1. The van der Waals surface area contributed by atoms with Crippen LogP contribution in [-0.2, 0) is 19.7 Å². The van der Waals surface area contributed by atoms with Crippen LogP contribution in [0.25, 0.3) is 0 Å². The average molecular weight is 416 g/mol. The second kappa shape index (κ2) is 23.9. The number of hydrogen-bond donors (Lipinski definition) is 3. The van der Waals surface area contributed by atoms with Crippen LogP contribution in [0.3, 0.4) is 0 Å². The summed E-state index contributed by atoms with van der Waals surface area (Å²) in [6.45, 7) is 2.22. The molecule has 10 heteroatoms. The van der Waals surface area contributed by atoms with Crippen molar-refractivity contribution < 1.29 is 32.8 Å². The van der Waals surface area contributed by atoms with Gasteiger partial charge in [0, 0.05) is 0 Å². The molecule has 0 aromatic rings. The van der Waals surface area contributed by atoms with Crippen molar-refractivity contribution in [3.05, 3.63) is 0 Å². The van der Waals surface area contributed by atoms with Crippen LogP contribution in [0.4, 0.5) is 0 Å². The van der Waals surface area contributed by atoms with Gasteiger partial charge >= 0.3 is 71.1 Å². The van der Waals surface area contributed by atoms with Crippen LogP contribution in [0.15, 0.2) is 0 Å². The fourth-order valence-electron chi connectivity index (χ4n) is 1.99. The standard InChI is InChI=1S/C12H26O3S.C4H6O4.2Na.2H/c1-2-3-4-5-6-7-8-9-10-11-12-16(13,14)15;5-3(6)1-2-4(7)8;;;;/h2-12H2,1H3,(H,13,14,15);1-2H2,(H,5,6)(H,7,8);;;;. The van der Waals surface area contributed by atoms with E-state index in [9.17, 15) is 18.0 Å². The van der Waals surface area contributed by atoms with E-state index < -0.39 is 22.1 Å². The first-order valence-corrected chi connectivity index (χ1v) is 10.2. The fraction of sp³-hybridized carbons (Fsp3) is 0.875. The monoisotopic (exact) mass is 416 g/mol. The molecule has 0 spiro atoms. The van der Waals surface area contributed by atoms with Crippen molar-refractivity contribution in [1.29, 1.82) is 0 Å². The third-order valence-electron chi connectivity index (χ3n) is 3.31. The van der Waals surface area contributed by atoms with Gasteiger partial charge in [0.05, 0.1) is 18.6 Å². The maximum atomic E-state index is 10.4. The number of aliphatic carboxylic acids is 2. The Balaban J connectivity index is -0.000000208. The van der Waals surface area contributed by atoms with E-state index >= 15 is 0 Å². The maximum absolute atomic E-state index is 10.4. The number of hydrogen-bond acceptors (Lipinski definition) is 4. The van der Waals surface area contributed by atoms with Crippen LogP contribution >= 0.6 is 0 Å². The van der Waals surface area contributed by atoms with Crippen molar-refractivity contribution in [3.8, 4) is 0 Å². The molecule has 0 aromatic heterocycles. The van der Waals surface area contributed by atoms with Crippen LogP contribution < -0.4 is 0 Å². The Morgan fingerprint density at radius 3 is 1.27 bits per heavy atom. The Morgan fingerprint density at radius 2 is 1.00 bits per heavy atom. The van der Waals surface area contributed by atoms with Crippen LogP contribution in [0.1, 0.15) is 84.0 Å². The third kappa shape index (κ3) is 39.8. The molecule has 0 amide bonds. The molecule has 148 valence electrons. The second-order valence-electron chi connectivity index (χ2n) is 5.76. The van der Waals surface area contributed by atoms with Crippen molar-refractivity contribution in [2.45, 2.75) is 84.0 Å². The van der Waals surface area contributed by atoms with Gasteiger partial charge in [0.2, 0.25) is 0 Å². The molecular formula is C16H34Na2O7S. The van der Waals surface area contributed by atoms with Crippen LogP contribution in [0.2, 0.25) is 0 Å². The van der Waals surface area contributed by atoms with Gasteiger partial charge in [0.1, 0.15) is 0 Å². The van der Waals surface area contributed by atoms with Gasteiger partial charge in [-0.25, -0.2) is 0 Å². The van der Waals surface area contributed by atoms with Gasteiger partial charge in [-0.05, 0) is 6.42 Å². The topological polar surface area (TPSA) is 129 Å². The van der Waals surface area contributed by atoms with E-state index in [1.54, 1.807) is 0 Å². The Kier molecular flexibility index (Phi) is 31.6. The molecule has 0 aliphatic heterocycles. The first-order valence-electron chi connectivity index (χ1n) is 8.57. The first-order chi connectivity index (χ1) is 11.2. The molecule has 0 rings (SSSR count). The van der Waals surface area contributed by atoms with Gasteiger partial charge in [-0.1, -0.05) is 64.7 Å². The second-order valence-corrected chi connectivity index (χ2v) is 7.33. The molecule has 0 bridgehead atoms. The van der Waals surface area contributed by atoms with E-state index in [2.05, 4.69) is 6.92 Å². The predicted octanol–water partition coefficient (Wildman–Crippen LogP) is 2.43. The van der Waals surface area contributed by atoms with E-state index in [4.69, 9.17) is 14.8 Å². The Morgan fingerprint density at radius 1 is 0.692 bits per heavy atom. The van der Waals surface area contributed by atoms with Crippen LogP contribution in [0.5, 0.6) is 0 Å². The molecule has 0 heterocycles. The number of carbonyl (C=O) groups is 2. The molecule has 26 heavy (non-hydrogen) atoms. The number of carboxylic acid groups (broad SMARTS) is 2. The minimum absolute atomic E-state index is 0. The fourth-order valence-corrected chi connectivity index (χ4v) is 2.55. The van der Waals surface area contributed by atoms with Gasteiger partial charge in [-0.2, -0.15) is 8.42 Å². The van der Waals surface area contributed by atoms with E-state index in [0.29, 0.717) is 6.42 Å². The zero-order valence-electron chi connectivity index (χ0n) is 14.6. The van der Waals surface area contributed by atoms with Gasteiger partial charge in [0.15, 0.2) is 0 Å². The predicted molar refractivity (Wildman–Crippen MR) is 107 cm³/mol. The normalized spacial score (nSPS) is 9.92. The van der Waals surface area contributed by atoms with Crippen molar-refractivity contribution in [2.24, 2.45) is 0 Å². The molecule has 0 unspecified atom stereocenters. The minimum atomic E-state index is -3.73. The summed E-state index contributed by atoms with van der Waals surface area (Å²) in [5.41, 5.74) is 0. The number of rotatable bonds is 14. The molecule has 0 radical (unpaired) electrons. The molecular weight excluding hydrogens is 382 g/mol. The molecule has 7 nitrogen and oxygen atoms in total. The molecule has 0 aliphatic carbocycles. The molecule has 0 saturated heterocycles. The van der Waals surface area contributed by atoms with Crippen molar-refractivity contribution in [3.63, 3.8) is 0 Å². The molecule has 3 N–H and O–H groups in total. The van der Waals surface area contributed by atoms with Gasteiger partial charge in [0.25, 0.3) is 10.1 Å². The van der Waals surface area contributed by atoms with E-state index in [0.717, 1.165) is 12.8 Å². The van der Waals surface area contributed by atoms with Crippen molar-refractivity contribution in [2.75, 3.05) is 5.75 Å². The molecule has 0 saturated carbocycles. The zero-order valence-corrected chi connectivity index (χ0v) is 15.4. The van der Waals surface area contributed by atoms with Crippen molar-refractivity contribution in [1.82, 2.24) is 0 Å². The molecule has 0 aromatic carbocycles. The summed E-state index contributed by atoms with van der Waals surface area (Å²) in [6, 6.07) is 0. The summed E-state index contributed by atoms with van der Waals surface area (Å²) in [5, 5.41) is 15.8. The summed E-state index contributed by atoms with van der Waals surface area (Å²) in [4.78, 5) is 19.3. The molecule has 0 atom stereocenters. The summed E-state index contributed by atoms with van der Waals surface area (Å²) in [7, 11) is -3.73. The van der Waals surface area contributed by atoms with Gasteiger partial charge < -0.3 is 10.2 Å². The SMILES string of the molecule is CCCCCCCCCCCCS(=O)(=O)O.O=C(O)CCC(=O)O.[NaH].[NaH]. The Labute approximate surface area is 202 Å². The van der Waals surface area contributed by atoms with E-state index in [1.165, 1.54) is 44.9 Å². The summed E-state index contributed by atoms with van der Waals surface area (Å²) in [5.74, 6) is -2.23. The third-order valence-corrected chi connectivity index (χ3v) is 4.11. The van der Waals surface area contributed by atoms with E-state index in [1.807, 2.05) is 0 Å². The zero-order chi connectivity index (χ0) is 18.8. The van der Waals surface area contributed by atoms with Crippen molar-refractivity contribution >= 4 is 81.2 Å². The molecule has 0 fully saturated rings. The Bertz CT molecular complexity index is 414. The average Bonchev–Trinajstić information content (AvgIpc) is 2.46. The summed E-state index contributed by atoms with van der Waals surface area (Å²) >= 11 is 0. The number of unbranched alkanes of at least 4 members (excludes halogenated alkanes) is 9. The first kappa shape index (κ1) is 34.4. The molecule has 0 aliphatic rings. The van der Waals surface area contributed by atoms with E-state index in [-0.39, 0.29) is 77.7 Å². The summed E-state index contributed by atoms with van der Waals surface area (Å²) < 4.78 is 29.4. The van der Waals surface area contributed by atoms with Gasteiger partial charge in [-0.3, -0.25) is 14.1 Å². The Hall–Kier alpha value is 0.850. The van der Waals surface area contributed by atoms with Crippen LogP contribution in [-0.4, -0.2) is 100.0 Å². The quantitative estimate of drug-likeness (QED) is 0.225. The van der Waals surface area contributed by atoms with Gasteiger partial charge in [-0.15, -0.1) is 0 Å².